The lowest BCUT2D eigenvalue weighted by Crippen LogP contribution is -2.58. The summed E-state index contributed by atoms with van der Waals surface area (Å²) in [6, 6.07) is 49.3. The summed E-state index contributed by atoms with van der Waals surface area (Å²) in [4.78, 5) is 2.56. The highest BCUT2D eigenvalue weighted by atomic mass is 15.2. The molecule has 0 saturated heterocycles. The molecule has 2 heteroatoms. The van der Waals surface area contributed by atoms with Crippen molar-refractivity contribution in [3.63, 3.8) is 0 Å². The molecule has 2 heterocycles. The van der Waals surface area contributed by atoms with Crippen molar-refractivity contribution in [1.82, 2.24) is 0 Å². The Bertz CT molecular complexity index is 1890. The first-order valence-corrected chi connectivity index (χ1v) is 13.8. The molecule has 2 aliphatic heterocycles. The lowest BCUT2D eigenvalue weighted by molar-refractivity contribution is 0.639. The van der Waals surface area contributed by atoms with Crippen molar-refractivity contribution in [2.75, 3.05) is 4.90 Å². The Kier molecular flexibility index (Phi) is 4.73. The minimum absolute atomic E-state index is 0.161. The molecule has 6 aromatic rings. The van der Waals surface area contributed by atoms with Crippen LogP contribution < -0.4 is 21.3 Å². The predicted octanol–water partition coefficient (Wildman–Crippen LogP) is 7.45. The number of anilines is 3. The van der Waals surface area contributed by atoms with Crippen molar-refractivity contribution in [2.24, 2.45) is 0 Å². The van der Waals surface area contributed by atoms with E-state index < -0.39 is 0 Å². The molecule has 0 atom stereocenters. The largest absolute Gasteiger partial charge is 0.311 e. The first kappa shape index (κ1) is 22.4. The highest BCUT2D eigenvalue weighted by Gasteiger charge is 2.45. The topological polar surface area (TPSA) is 3.24 Å². The van der Waals surface area contributed by atoms with Crippen LogP contribution in [0.2, 0.25) is 0 Å². The molecule has 0 unspecified atom stereocenters. The van der Waals surface area contributed by atoms with Crippen LogP contribution in [0.4, 0.5) is 17.1 Å². The van der Waals surface area contributed by atoms with E-state index in [1.54, 1.807) is 0 Å². The van der Waals surface area contributed by atoms with E-state index >= 15 is 0 Å². The number of benzene rings is 6. The molecule has 0 spiro atoms. The van der Waals surface area contributed by atoms with Crippen molar-refractivity contribution in [1.29, 1.82) is 0 Å². The van der Waals surface area contributed by atoms with Gasteiger partial charge in [-0.3, -0.25) is 0 Å². The molecule has 0 fully saturated rings. The quantitative estimate of drug-likeness (QED) is 0.224. The summed E-state index contributed by atoms with van der Waals surface area (Å²) in [6.07, 6.45) is 0. The Labute approximate surface area is 230 Å². The molecule has 0 aromatic heterocycles. The fourth-order valence-electron chi connectivity index (χ4n) is 7.12. The molecule has 8 rings (SSSR count). The first-order valence-electron chi connectivity index (χ1n) is 13.8. The molecule has 0 amide bonds. The molecule has 184 valence electrons. The van der Waals surface area contributed by atoms with E-state index in [0.29, 0.717) is 0 Å². The van der Waals surface area contributed by atoms with Crippen molar-refractivity contribution in [2.45, 2.75) is 19.3 Å². The number of fused-ring (bicyclic) bond motifs is 6. The monoisotopic (exact) mass is 497 g/mol. The zero-order valence-corrected chi connectivity index (χ0v) is 22.2. The van der Waals surface area contributed by atoms with Gasteiger partial charge in [0, 0.05) is 16.8 Å². The van der Waals surface area contributed by atoms with Crippen LogP contribution >= 0.6 is 0 Å². The molecule has 0 radical (unpaired) electrons. The number of rotatable bonds is 2. The number of hydrogen-bond donors (Lipinski definition) is 0. The van der Waals surface area contributed by atoms with Gasteiger partial charge in [-0.25, -0.2) is 0 Å². The van der Waals surface area contributed by atoms with Crippen LogP contribution in [0.25, 0.3) is 21.9 Å². The number of para-hydroxylation sites is 1. The number of nitrogens with zero attached hydrogens (tertiary/aromatic N) is 1. The Morgan fingerprint density at radius 3 is 2.08 bits per heavy atom. The summed E-state index contributed by atoms with van der Waals surface area (Å²) in [6.45, 7) is 4.99. The molecule has 2 aliphatic rings. The molecule has 0 N–H and O–H groups in total. The van der Waals surface area contributed by atoms with Crippen LogP contribution in [0.5, 0.6) is 0 Å². The molecule has 0 aliphatic carbocycles. The van der Waals surface area contributed by atoms with Crippen LogP contribution in [0, 0.1) is 0 Å². The molecular weight excluding hydrogens is 469 g/mol. The zero-order valence-electron chi connectivity index (χ0n) is 22.2. The minimum Gasteiger partial charge on any atom is -0.311 e. The van der Waals surface area contributed by atoms with E-state index in [1.807, 2.05) is 0 Å². The lowest BCUT2D eigenvalue weighted by atomic mass is 9.34. The van der Waals surface area contributed by atoms with Crippen molar-refractivity contribution < 1.29 is 0 Å². The fourth-order valence-corrected chi connectivity index (χ4v) is 7.12. The van der Waals surface area contributed by atoms with Gasteiger partial charge in [0.05, 0.1) is 5.69 Å². The number of hydrogen-bond acceptors (Lipinski definition) is 1. The van der Waals surface area contributed by atoms with Gasteiger partial charge >= 0.3 is 0 Å². The Balaban J connectivity index is 1.53. The maximum atomic E-state index is 2.56. The molecule has 1 nitrogen and oxygen atoms in total. The van der Waals surface area contributed by atoms with Gasteiger partial charge in [0.2, 0.25) is 6.71 Å². The molecule has 6 aromatic carbocycles. The second-order valence-corrected chi connectivity index (χ2v) is 11.4. The van der Waals surface area contributed by atoms with Gasteiger partial charge in [-0.05, 0) is 62.2 Å². The van der Waals surface area contributed by atoms with E-state index in [1.165, 1.54) is 66.5 Å². The molecule has 0 bridgehead atoms. The Morgan fingerprint density at radius 1 is 0.564 bits per heavy atom. The van der Waals surface area contributed by atoms with Gasteiger partial charge < -0.3 is 4.90 Å². The molecule has 0 saturated carbocycles. The third kappa shape index (κ3) is 3.15. The van der Waals surface area contributed by atoms with Gasteiger partial charge in [0.25, 0.3) is 0 Å². The summed E-state index contributed by atoms with van der Waals surface area (Å²) in [5.41, 5.74) is 13.1. The normalized spacial score (nSPS) is 14.5. The van der Waals surface area contributed by atoms with Gasteiger partial charge in [-0.15, -0.1) is 0 Å². The summed E-state index contributed by atoms with van der Waals surface area (Å²) in [5, 5.41) is 2.62. The van der Waals surface area contributed by atoms with Crippen molar-refractivity contribution >= 4 is 50.9 Å². The van der Waals surface area contributed by atoms with E-state index in [2.05, 4.69) is 152 Å². The van der Waals surface area contributed by atoms with E-state index in [9.17, 15) is 0 Å². The Hall–Kier alpha value is -4.56. The maximum absolute atomic E-state index is 2.56. The average Bonchev–Trinajstić information content (AvgIpc) is 2.99. The van der Waals surface area contributed by atoms with Gasteiger partial charge in [0.1, 0.15) is 0 Å². The van der Waals surface area contributed by atoms with Gasteiger partial charge in [0.15, 0.2) is 0 Å². The molecule has 39 heavy (non-hydrogen) atoms. The van der Waals surface area contributed by atoms with Crippen molar-refractivity contribution in [3.05, 3.63) is 145 Å². The van der Waals surface area contributed by atoms with Crippen LogP contribution in [-0.4, -0.2) is 6.71 Å². The van der Waals surface area contributed by atoms with Crippen LogP contribution in [-0.2, 0) is 5.41 Å². The standard InChI is InChI=1S/C37H28BN/c1-37(2)30-23-27(25-13-5-3-6-14-25)24-32-36(30)39(34-22-21-26-15-9-10-18-29(26)35(34)37)33-20-12-11-19-31(33)38(32)28-16-7-4-8-17-28/h3-24H,1-2H3. The maximum Gasteiger partial charge on any atom is 0.246 e. The second kappa shape index (κ2) is 8.22. The Morgan fingerprint density at radius 2 is 1.26 bits per heavy atom. The average molecular weight is 497 g/mol. The van der Waals surface area contributed by atoms with E-state index in [-0.39, 0.29) is 12.1 Å². The summed E-state index contributed by atoms with van der Waals surface area (Å²) >= 11 is 0. The fraction of sp³-hybridized carbons (Fsp3) is 0.0811. The predicted molar refractivity (Wildman–Crippen MR) is 167 cm³/mol. The van der Waals surface area contributed by atoms with Gasteiger partial charge in [-0.1, -0.05) is 135 Å². The third-order valence-corrected chi connectivity index (χ3v) is 8.85. The van der Waals surface area contributed by atoms with E-state index in [4.69, 9.17) is 0 Å². The SMILES string of the molecule is CC1(C)c2cc(-c3ccccc3)cc3c2N(c2ccccc2B3c2ccccc2)c2ccc3ccccc3c21. The summed E-state index contributed by atoms with van der Waals surface area (Å²) in [7, 11) is 0. The van der Waals surface area contributed by atoms with Crippen molar-refractivity contribution in [3.8, 4) is 11.1 Å². The van der Waals surface area contributed by atoms with Crippen LogP contribution in [0.3, 0.4) is 0 Å². The van der Waals surface area contributed by atoms with Crippen LogP contribution in [0.15, 0.2) is 133 Å². The molecular formula is C37H28BN. The summed E-state index contributed by atoms with van der Waals surface area (Å²) in [5.74, 6) is 0. The minimum atomic E-state index is -0.185. The second-order valence-electron chi connectivity index (χ2n) is 11.4. The van der Waals surface area contributed by atoms with E-state index in [0.717, 1.165) is 0 Å². The highest BCUT2D eigenvalue weighted by Crippen LogP contribution is 2.54. The van der Waals surface area contributed by atoms with Crippen LogP contribution in [0.1, 0.15) is 25.0 Å². The lowest BCUT2D eigenvalue weighted by Gasteiger charge is -2.47. The van der Waals surface area contributed by atoms with Gasteiger partial charge in [-0.2, -0.15) is 0 Å². The third-order valence-electron chi connectivity index (χ3n) is 8.85. The zero-order chi connectivity index (χ0) is 26.1. The smallest absolute Gasteiger partial charge is 0.246 e. The summed E-state index contributed by atoms with van der Waals surface area (Å²) < 4.78 is 0. The highest BCUT2D eigenvalue weighted by molar-refractivity contribution is 6.98. The first-order chi connectivity index (χ1) is 19.1.